The Morgan fingerprint density at radius 3 is 1.75 bits per heavy atom. The Labute approximate surface area is 591 Å². The standard InChI is InChI=1S/C68H111N7O26/c1-11-43(4)56(51(76)39-54(78)75-21-15-18-50(75)61(89-10)44(5)63(83)70-45(6)57(79)47-16-13-12-14-17-47)73(8)65(85)46(7)71-64(84)55(42(2)3)74(9)68(88)98-40-48-38-49(19-20-52(48)100-67-60(82)58(80)59(81)62(101-67)66(86)87)72-53(77)41-97-35-34-95-31-30-93-27-26-91-23-22-90-24-25-92-28-29-94-32-33-96-36-37-99-69/h12-14,16-17,19-20,38,42-46,50-51,55-62,67,76,79-82H,11,15,18,21-37,39-41,69H2,1-10H3,(H,70,83)(H,71,84)(H,72,77)(H,86,87)/t43-,44+,45+,46-,50-,51+,55-,56-,57+,58?,59-,60?,61+,62?,67+/m0/s1. The molecule has 101 heavy (non-hydrogen) atoms. The first-order valence-electron chi connectivity index (χ1n) is 34.3. The van der Waals surface area contributed by atoms with E-state index in [1.54, 1.807) is 56.9 Å². The molecule has 2 fully saturated rings. The lowest BCUT2D eigenvalue weighted by molar-refractivity contribution is -0.271. The highest BCUT2D eigenvalue weighted by atomic mass is 16.7. The summed E-state index contributed by atoms with van der Waals surface area (Å²) in [4.78, 5) is 104. The van der Waals surface area contributed by atoms with Crippen LogP contribution in [0.4, 0.5) is 10.5 Å². The van der Waals surface area contributed by atoms with E-state index in [9.17, 15) is 64.2 Å². The fourth-order valence-corrected chi connectivity index (χ4v) is 11.6. The molecule has 2 aromatic rings. The van der Waals surface area contributed by atoms with Gasteiger partial charge in [0.25, 0.3) is 0 Å². The van der Waals surface area contributed by atoms with Crippen LogP contribution in [-0.4, -0.2) is 300 Å². The average Bonchev–Trinajstić information content (AvgIpc) is 1.29. The number of rotatable bonds is 50. The first-order chi connectivity index (χ1) is 48.3. The van der Waals surface area contributed by atoms with Gasteiger partial charge in [-0.3, -0.25) is 28.9 Å². The molecule has 4 rings (SSSR count). The van der Waals surface area contributed by atoms with Crippen molar-refractivity contribution in [2.24, 2.45) is 23.7 Å². The van der Waals surface area contributed by atoms with Crippen molar-refractivity contribution in [1.82, 2.24) is 25.3 Å². The molecule has 0 bridgehead atoms. The zero-order chi connectivity index (χ0) is 74.6. The van der Waals surface area contributed by atoms with E-state index in [1.807, 2.05) is 19.9 Å². The van der Waals surface area contributed by atoms with Crippen LogP contribution in [0.2, 0.25) is 0 Å². The highest BCUT2D eigenvalue weighted by molar-refractivity contribution is 5.92. The summed E-state index contributed by atoms with van der Waals surface area (Å²) in [7, 11) is 4.23. The van der Waals surface area contributed by atoms with Crippen molar-refractivity contribution in [1.29, 1.82) is 0 Å². The number of nitrogens with one attached hydrogen (secondary N) is 3. The van der Waals surface area contributed by atoms with Gasteiger partial charge in [-0.05, 0) is 62.3 Å². The Bertz CT molecular complexity index is 2760. The van der Waals surface area contributed by atoms with Crippen molar-refractivity contribution < 1.29 is 126 Å². The number of aliphatic hydroxyl groups excluding tert-OH is 5. The number of aliphatic carboxylic acids is 1. The lowest BCUT2D eigenvalue weighted by Gasteiger charge is -2.39. The van der Waals surface area contributed by atoms with Gasteiger partial charge in [-0.2, -0.15) is 0 Å². The molecule has 0 aliphatic carbocycles. The van der Waals surface area contributed by atoms with Crippen molar-refractivity contribution in [2.75, 3.05) is 145 Å². The number of ether oxygens (including phenoxy) is 12. The molecular weight excluding hydrogens is 1330 g/mol. The van der Waals surface area contributed by atoms with Crippen LogP contribution in [0.5, 0.6) is 5.75 Å². The van der Waals surface area contributed by atoms with E-state index in [1.165, 1.54) is 51.2 Å². The van der Waals surface area contributed by atoms with Crippen LogP contribution in [-0.2, 0) is 92.3 Å². The molecular formula is C68H111N7O26. The molecule has 0 aromatic heterocycles. The van der Waals surface area contributed by atoms with Crippen LogP contribution < -0.4 is 26.6 Å². The monoisotopic (exact) mass is 1440 g/mol. The molecule has 2 aliphatic heterocycles. The highest BCUT2D eigenvalue weighted by Crippen LogP contribution is 2.32. The molecule has 11 N–H and O–H groups in total. The molecule has 15 atom stereocenters. The summed E-state index contributed by atoms with van der Waals surface area (Å²) in [5.74, 6) is -1.37. The van der Waals surface area contributed by atoms with E-state index >= 15 is 0 Å². The lowest BCUT2D eigenvalue weighted by Crippen LogP contribution is -2.61. The predicted molar refractivity (Wildman–Crippen MR) is 361 cm³/mol. The maximum atomic E-state index is 14.3. The fourth-order valence-electron chi connectivity index (χ4n) is 11.6. The summed E-state index contributed by atoms with van der Waals surface area (Å²) in [6.45, 7) is 16.6. The third-order valence-electron chi connectivity index (χ3n) is 17.2. The smallest absolute Gasteiger partial charge is 0.410 e. The van der Waals surface area contributed by atoms with Crippen molar-refractivity contribution in [3.05, 3.63) is 59.7 Å². The number of aliphatic hydroxyl groups is 5. The summed E-state index contributed by atoms with van der Waals surface area (Å²) in [5, 5.41) is 72.4. The van der Waals surface area contributed by atoms with Crippen molar-refractivity contribution in [3.63, 3.8) is 0 Å². The Morgan fingerprint density at radius 1 is 0.693 bits per heavy atom. The normalized spacial score (nSPS) is 20.3. The van der Waals surface area contributed by atoms with E-state index in [2.05, 4.69) is 20.8 Å². The van der Waals surface area contributed by atoms with E-state index in [0.29, 0.717) is 111 Å². The summed E-state index contributed by atoms with van der Waals surface area (Å²) in [5.41, 5.74) is 0.771. The van der Waals surface area contributed by atoms with E-state index in [-0.39, 0.29) is 61.7 Å². The Balaban J connectivity index is 1.29. The summed E-state index contributed by atoms with van der Waals surface area (Å²) < 4.78 is 66.3. The van der Waals surface area contributed by atoms with E-state index in [0.717, 1.165) is 4.90 Å². The van der Waals surface area contributed by atoms with Crippen molar-refractivity contribution in [3.8, 4) is 5.75 Å². The molecule has 2 aromatic carbocycles. The number of carboxylic acids is 1. The minimum absolute atomic E-state index is 0.00295. The molecule has 2 heterocycles. The highest BCUT2D eigenvalue weighted by Gasteiger charge is 2.49. The van der Waals surface area contributed by atoms with Crippen molar-refractivity contribution in [2.45, 2.75) is 160 Å². The molecule has 0 radical (unpaired) electrons. The van der Waals surface area contributed by atoms with Crippen LogP contribution >= 0.6 is 0 Å². The Kier molecular flexibility index (Phi) is 40.6. The van der Waals surface area contributed by atoms with Gasteiger partial charge in [0, 0.05) is 39.0 Å². The minimum atomic E-state index is -2.03. The number of methoxy groups -OCH3 is 1. The second kappa shape index (κ2) is 47.1. The van der Waals surface area contributed by atoms with Crippen LogP contribution in [0.25, 0.3) is 0 Å². The van der Waals surface area contributed by atoms with Gasteiger partial charge in [0.15, 0.2) is 6.10 Å². The minimum Gasteiger partial charge on any atom is -0.479 e. The largest absolute Gasteiger partial charge is 0.479 e. The number of amides is 6. The molecule has 3 unspecified atom stereocenters. The van der Waals surface area contributed by atoms with Crippen LogP contribution in [0.15, 0.2) is 48.5 Å². The number of carbonyl (C=O) groups excluding carboxylic acids is 6. The van der Waals surface area contributed by atoms with Gasteiger partial charge in [-0.25, -0.2) is 15.5 Å². The number of carbonyl (C=O) groups is 7. The molecule has 33 heteroatoms. The molecule has 0 spiro atoms. The van der Waals surface area contributed by atoms with Gasteiger partial charge in [0.2, 0.25) is 35.8 Å². The van der Waals surface area contributed by atoms with Crippen LogP contribution in [0.3, 0.4) is 0 Å². The third kappa shape index (κ3) is 29.0. The van der Waals surface area contributed by atoms with Gasteiger partial charge < -0.3 is 118 Å². The van der Waals surface area contributed by atoms with E-state index in [4.69, 9.17) is 62.7 Å². The molecule has 2 saturated heterocycles. The van der Waals surface area contributed by atoms with Gasteiger partial charge in [0.1, 0.15) is 49.4 Å². The molecule has 2 aliphatic rings. The summed E-state index contributed by atoms with van der Waals surface area (Å²) in [6, 6.07) is 8.35. The Morgan fingerprint density at radius 2 is 1.24 bits per heavy atom. The molecule has 33 nitrogen and oxygen atoms in total. The number of hydrogen-bond acceptors (Lipinski definition) is 26. The third-order valence-corrected chi connectivity index (χ3v) is 17.2. The number of benzene rings is 2. The second-order valence-corrected chi connectivity index (χ2v) is 25.1. The first kappa shape index (κ1) is 87.1. The van der Waals surface area contributed by atoms with Gasteiger partial charge in [-0.15, -0.1) is 0 Å². The average molecular weight is 1440 g/mol. The number of nitrogens with zero attached hydrogens (tertiary/aromatic N) is 3. The quantitative estimate of drug-likeness (QED) is 0.0319. The van der Waals surface area contributed by atoms with Crippen molar-refractivity contribution >= 4 is 47.3 Å². The maximum Gasteiger partial charge on any atom is 0.410 e. The zero-order valence-electron chi connectivity index (χ0n) is 59.9. The second-order valence-electron chi connectivity index (χ2n) is 25.1. The SMILES string of the molecule is CC[C@H](C)[C@@H]([C@H](O)CC(=O)N1CCC[C@H]1[C@H](OC)[C@@H](C)C(=O)N[C@H](C)[C@@H](O)c1ccccc1)N(C)C(=O)[C@H](C)NC(=O)[C@H](C(C)C)N(C)C(=O)OCc1cc(NC(=O)COCCOCCOCCOCCOCCOCCOCCOCCON)ccc1O[C@@H]1OC(C(=O)O)[C@@H](O)C(O)C1O. The Hall–Kier alpha value is -6.35. The maximum absolute atomic E-state index is 14.3. The lowest BCUT2D eigenvalue weighted by atomic mass is 9.90. The number of likely N-dealkylation sites (N-methyl/N-ethyl adjacent to an activating group) is 2. The summed E-state index contributed by atoms with van der Waals surface area (Å²) in [6.07, 6.45) is -12.8. The van der Waals surface area contributed by atoms with Crippen LogP contribution in [0.1, 0.15) is 91.4 Å². The number of carboxylic acid groups (broad SMARTS) is 1. The zero-order valence-corrected chi connectivity index (χ0v) is 59.9. The van der Waals surface area contributed by atoms with Gasteiger partial charge in [0.05, 0.1) is 154 Å². The molecule has 0 saturated carbocycles. The predicted octanol–water partition coefficient (Wildman–Crippen LogP) is 0.521. The van der Waals surface area contributed by atoms with Gasteiger partial charge >= 0.3 is 12.1 Å². The van der Waals surface area contributed by atoms with E-state index < -0.39 is 140 Å². The first-order valence-corrected chi connectivity index (χ1v) is 34.3. The fraction of sp³-hybridized carbons (Fsp3) is 0.721. The number of hydrogen-bond donors (Lipinski definition) is 10. The number of nitrogens with two attached hydrogens (primary N) is 1. The summed E-state index contributed by atoms with van der Waals surface area (Å²) >= 11 is 0. The topological polar surface area (TPSA) is 433 Å². The number of likely N-dealkylation sites (tertiary alicyclic amines) is 1. The molecule has 6 amide bonds. The molecule has 574 valence electrons. The van der Waals surface area contributed by atoms with Crippen LogP contribution in [0, 0.1) is 17.8 Å². The van der Waals surface area contributed by atoms with Gasteiger partial charge in [-0.1, -0.05) is 71.4 Å². The number of anilines is 1.